The van der Waals surface area contributed by atoms with E-state index in [-0.39, 0.29) is 24.0 Å². The number of nitrogens with two attached hydrogens (primary N) is 1. The number of methoxy groups -OCH3 is 1. The Labute approximate surface area is 188 Å². The summed E-state index contributed by atoms with van der Waals surface area (Å²) in [5.74, 6) is -0.315. The molecule has 2 aromatic heterocycles. The molecule has 33 heavy (non-hydrogen) atoms. The first-order valence-corrected chi connectivity index (χ1v) is 11.6. The number of nitrogens with one attached hydrogen (secondary N) is 2. The van der Waals surface area contributed by atoms with Gasteiger partial charge in [0.2, 0.25) is 5.95 Å². The number of rotatable bonds is 9. The van der Waals surface area contributed by atoms with Crippen molar-refractivity contribution in [2.75, 3.05) is 19.5 Å². The van der Waals surface area contributed by atoms with Crippen molar-refractivity contribution in [3.63, 3.8) is 0 Å². The van der Waals surface area contributed by atoms with Crippen LogP contribution in [-0.4, -0.2) is 45.2 Å². The summed E-state index contributed by atoms with van der Waals surface area (Å²) in [4.78, 5) is 34.3. The summed E-state index contributed by atoms with van der Waals surface area (Å²) in [6.45, 7) is 1.59. The van der Waals surface area contributed by atoms with Gasteiger partial charge in [-0.3, -0.25) is 23.7 Å². The Kier molecular flexibility index (Phi) is 6.32. The topological polar surface area (TPSA) is 163 Å². The van der Waals surface area contributed by atoms with Crippen molar-refractivity contribution in [2.45, 2.75) is 19.4 Å². The molecule has 1 aliphatic carbocycles. The SMILES string of the molecule is COC(=O)[C@H](C)NP(=O)(OC[C@H]1C/C1=C\n1cnc2c(=O)[nH]c(N)nc21)Oc1ccccc1. The second-order valence-electron chi connectivity index (χ2n) is 7.45. The molecular weight excluding hydrogens is 451 g/mol. The number of fused-ring (bicyclic) bond motifs is 1. The van der Waals surface area contributed by atoms with Crippen molar-refractivity contribution < 1.29 is 23.1 Å². The van der Waals surface area contributed by atoms with Crippen LogP contribution in [0.2, 0.25) is 0 Å². The average Bonchev–Trinajstić information content (AvgIpc) is 3.41. The molecule has 1 saturated carbocycles. The average molecular weight is 474 g/mol. The fraction of sp³-hybridized carbons (Fsp3) is 0.300. The zero-order valence-corrected chi connectivity index (χ0v) is 18.8. The molecule has 0 amide bonds. The maximum Gasteiger partial charge on any atom is 0.459 e. The number of nitrogens with zero attached hydrogens (tertiary/aromatic N) is 3. The first-order valence-electron chi connectivity index (χ1n) is 10.1. The number of benzene rings is 1. The molecule has 174 valence electrons. The fourth-order valence-electron chi connectivity index (χ4n) is 3.13. The summed E-state index contributed by atoms with van der Waals surface area (Å²) in [7, 11) is -2.66. The first kappa shape index (κ1) is 22.7. The summed E-state index contributed by atoms with van der Waals surface area (Å²) in [6.07, 6.45) is 3.93. The minimum Gasteiger partial charge on any atom is -0.468 e. The van der Waals surface area contributed by atoms with E-state index in [4.69, 9.17) is 14.8 Å². The van der Waals surface area contributed by atoms with E-state index in [2.05, 4.69) is 24.8 Å². The monoisotopic (exact) mass is 474 g/mol. The van der Waals surface area contributed by atoms with Crippen LogP contribution in [0.4, 0.5) is 5.95 Å². The number of hydrogen-bond donors (Lipinski definition) is 3. The van der Waals surface area contributed by atoms with Gasteiger partial charge in [-0.1, -0.05) is 18.2 Å². The number of H-pyrrole nitrogens is 1. The van der Waals surface area contributed by atoms with Crippen LogP contribution in [0.1, 0.15) is 13.3 Å². The molecule has 2 heterocycles. The Morgan fingerprint density at radius 1 is 1.42 bits per heavy atom. The lowest BCUT2D eigenvalue weighted by Crippen LogP contribution is -2.34. The first-order chi connectivity index (χ1) is 15.8. The van der Waals surface area contributed by atoms with Crippen molar-refractivity contribution in [3.8, 4) is 5.75 Å². The molecule has 0 aliphatic heterocycles. The number of imidazole rings is 1. The van der Waals surface area contributed by atoms with Crippen LogP contribution < -0.4 is 20.9 Å². The predicted molar refractivity (Wildman–Crippen MR) is 120 cm³/mol. The number of ether oxygens (including phenoxy) is 1. The third-order valence-electron chi connectivity index (χ3n) is 4.92. The van der Waals surface area contributed by atoms with Gasteiger partial charge in [0, 0.05) is 12.1 Å². The number of aromatic nitrogens is 4. The van der Waals surface area contributed by atoms with E-state index >= 15 is 0 Å². The van der Waals surface area contributed by atoms with Crippen LogP contribution in [0.25, 0.3) is 17.4 Å². The van der Waals surface area contributed by atoms with Crippen LogP contribution in [-0.2, 0) is 18.6 Å². The minimum absolute atomic E-state index is 0.00636. The van der Waals surface area contributed by atoms with Crippen LogP contribution in [0.15, 0.2) is 47.0 Å². The highest BCUT2D eigenvalue weighted by Crippen LogP contribution is 2.48. The quantitative estimate of drug-likeness (QED) is 0.308. The zero-order valence-electron chi connectivity index (χ0n) is 17.9. The van der Waals surface area contributed by atoms with Gasteiger partial charge in [-0.05, 0) is 31.1 Å². The molecule has 1 aliphatic rings. The number of aromatic amines is 1. The second-order valence-corrected chi connectivity index (χ2v) is 9.15. The van der Waals surface area contributed by atoms with E-state index < -0.39 is 25.3 Å². The molecule has 4 N–H and O–H groups in total. The van der Waals surface area contributed by atoms with Gasteiger partial charge in [0.15, 0.2) is 11.2 Å². The number of nitrogen functional groups attached to an aromatic ring is 1. The minimum atomic E-state index is -3.90. The molecule has 4 rings (SSSR count). The summed E-state index contributed by atoms with van der Waals surface area (Å²) < 4.78 is 30.9. The lowest BCUT2D eigenvalue weighted by Gasteiger charge is -2.22. The molecule has 3 aromatic rings. The van der Waals surface area contributed by atoms with Crippen LogP contribution in [0.3, 0.4) is 0 Å². The molecule has 0 radical (unpaired) electrons. The zero-order chi connectivity index (χ0) is 23.6. The van der Waals surface area contributed by atoms with E-state index in [1.807, 2.05) is 0 Å². The van der Waals surface area contributed by atoms with Crippen molar-refractivity contribution in [2.24, 2.45) is 5.92 Å². The Hall–Kier alpha value is -3.47. The van der Waals surface area contributed by atoms with Gasteiger partial charge in [0.05, 0.1) is 13.7 Å². The third-order valence-corrected chi connectivity index (χ3v) is 6.57. The molecule has 0 saturated heterocycles. The highest BCUT2D eigenvalue weighted by molar-refractivity contribution is 7.52. The van der Waals surface area contributed by atoms with Gasteiger partial charge in [-0.25, -0.2) is 9.55 Å². The van der Waals surface area contributed by atoms with Crippen molar-refractivity contribution in [1.29, 1.82) is 0 Å². The maximum atomic E-state index is 13.4. The van der Waals surface area contributed by atoms with Crippen LogP contribution in [0.5, 0.6) is 5.75 Å². The van der Waals surface area contributed by atoms with E-state index in [1.54, 1.807) is 41.1 Å². The Balaban J connectivity index is 1.47. The maximum absolute atomic E-state index is 13.4. The normalized spacial score (nSPS) is 19.2. The van der Waals surface area contributed by atoms with Crippen LogP contribution in [0, 0.1) is 5.92 Å². The standard InChI is InChI=1S/C20H23N6O6P/c1-12(19(28)30-2)25-33(29,32-15-6-4-3-5-7-15)31-10-14-8-13(14)9-26-11-22-16-17(26)23-20(21)24-18(16)27/h3-7,9,11-12,14H,8,10H2,1-2H3,(H,25,29)(H3,21,23,24,27)/b13-9+/t12-,14+,33?/m0/s1. The summed E-state index contributed by atoms with van der Waals surface area (Å²) >= 11 is 0. The Morgan fingerprint density at radius 2 is 2.18 bits per heavy atom. The highest BCUT2D eigenvalue weighted by atomic mass is 31.2. The molecule has 0 bridgehead atoms. The number of para-hydroxylation sites is 1. The Bertz CT molecular complexity index is 1300. The Morgan fingerprint density at radius 3 is 2.91 bits per heavy atom. The number of anilines is 1. The van der Waals surface area contributed by atoms with Crippen LogP contribution >= 0.6 is 7.75 Å². The van der Waals surface area contributed by atoms with Gasteiger partial charge < -0.3 is 15.0 Å². The summed E-state index contributed by atoms with van der Waals surface area (Å²) in [6, 6.07) is 7.60. The van der Waals surface area contributed by atoms with Gasteiger partial charge in [-0.2, -0.15) is 10.1 Å². The molecule has 1 aromatic carbocycles. The molecule has 0 spiro atoms. The van der Waals surface area contributed by atoms with E-state index in [0.29, 0.717) is 17.8 Å². The summed E-state index contributed by atoms with van der Waals surface area (Å²) in [5, 5.41) is 2.61. The van der Waals surface area contributed by atoms with Gasteiger partial charge in [-0.15, -0.1) is 0 Å². The fourth-order valence-corrected chi connectivity index (χ4v) is 4.67. The second kappa shape index (κ2) is 9.18. The van der Waals surface area contributed by atoms with Gasteiger partial charge in [0.1, 0.15) is 18.1 Å². The molecule has 1 fully saturated rings. The van der Waals surface area contributed by atoms with Gasteiger partial charge >= 0.3 is 13.7 Å². The van der Waals surface area contributed by atoms with Crippen molar-refractivity contribution >= 4 is 37.0 Å². The third kappa shape index (κ3) is 5.30. The number of hydrogen-bond acceptors (Lipinski definition) is 9. The molecule has 12 nitrogen and oxygen atoms in total. The number of carbonyl (C=O) groups is 1. The molecular formula is C20H23N6O6P. The van der Waals surface area contributed by atoms with E-state index in [9.17, 15) is 14.2 Å². The summed E-state index contributed by atoms with van der Waals surface area (Å²) in [5.41, 5.74) is 6.69. The molecule has 3 atom stereocenters. The van der Waals surface area contributed by atoms with Gasteiger partial charge in [0.25, 0.3) is 5.56 Å². The largest absolute Gasteiger partial charge is 0.468 e. The lowest BCUT2D eigenvalue weighted by molar-refractivity contribution is -0.142. The smallest absolute Gasteiger partial charge is 0.459 e. The van der Waals surface area contributed by atoms with E-state index in [0.717, 1.165) is 5.57 Å². The van der Waals surface area contributed by atoms with E-state index in [1.165, 1.54) is 20.4 Å². The number of carbonyl (C=O) groups excluding carboxylic acids is 1. The number of esters is 1. The predicted octanol–water partition coefficient (Wildman–Crippen LogP) is 1.92. The van der Waals surface area contributed by atoms with Crippen molar-refractivity contribution in [1.82, 2.24) is 24.6 Å². The highest BCUT2D eigenvalue weighted by Gasteiger charge is 2.37. The molecule has 1 unspecified atom stereocenters. The molecule has 13 heteroatoms. The van der Waals surface area contributed by atoms with Crippen molar-refractivity contribution in [3.05, 3.63) is 52.6 Å². The lowest BCUT2D eigenvalue weighted by atomic mass is 10.3.